The normalized spacial score (nSPS) is 13.0. The summed E-state index contributed by atoms with van der Waals surface area (Å²) in [7, 11) is 1.80. The summed E-state index contributed by atoms with van der Waals surface area (Å²) in [5.41, 5.74) is 0. The van der Waals surface area contributed by atoms with Gasteiger partial charge in [-0.2, -0.15) is 0 Å². The number of unbranched alkanes of at least 4 members (excludes halogenated alkanes) is 11. The van der Waals surface area contributed by atoms with E-state index in [0.29, 0.717) is 0 Å². The summed E-state index contributed by atoms with van der Waals surface area (Å²) in [5.74, 6) is -1.88. The quantitative estimate of drug-likeness (QED) is 0.0989. The minimum atomic E-state index is -1.05. The molecule has 1 unspecified atom stereocenters. The lowest BCUT2D eigenvalue weighted by molar-refractivity contribution is -0.173. The molecule has 0 saturated heterocycles. The fraction of sp³-hybridized carbons (Fsp3) is 0.792. The third-order valence-corrected chi connectivity index (χ3v) is 5.26. The molecule has 0 saturated carbocycles. The third kappa shape index (κ3) is 17.9. The molecule has 0 amide bonds. The molecule has 0 heterocycles. The first-order valence-corrected chi connectivity index (χ1v) is 12.3. The van der Waals surface area contributed by atoms with Crippen LogP contribution in [-0.4, -0.2) is 30.1 Å². The first kappa shape index (κ1) is 29.6. The van der Waals surface area contributed by atoms with Gasteiger partial charge in [-0.3, -0.25) is 4.79 Å². The summed E-state index contributed by atoms with van der Waals surface area (Å²) in [6, 6.07) is 0. The molecule has 0 radical (unpaired) electrons. The Morgan fingerprint density at radius 3 is 1.74 bits per heavy atom. The Hall–Kier alpha value is -1.42. The average molecular weight is 459 g/mol. The molecule has 31 heavy (non-hydrogen) atoms. The van der Waals surface area contributed by atoms with Gasteiger partial charge >= 0.3 is 17.9 Å². The highest BCUT2D eigenvalue weighted by molar-refractivity contribution is 7.10. The van der Waals surface area contributed by atoms with E-state index in [1.165, 1.54) is 65.2 Å². The van der Waals surface area contributed by atoms with Gasteiger partial charge in [0, 0.05) is 6.42 Å². The van der Waals surface area contributed by atoms with E-state index in [2.05, 4.69) is 23.6 Å². The van der Waals surface area contributed by atoms with E-state index in [4.69, 9.17) is 9.47 Å². The van der Waals surface area contributed by atoms with Crippen molar-refractivity contribution in [3.05, 3.63) is 12.2 Å². The van der Waals surface area contributed by atoms with Crippen molar-refractivity contribution in [1.29, 1.82) is 0 Å². The SMILES string of the molecule is CCCCCCCC/C=C/CCCCCCCC(=O)O[C@H](C)C(=O)O[C@@H](C)C(=O)OP. The molecule has 0 aliphatic carbocycles. The minimum Gasteiger partial charge on any atom is -0.451 e. The minimum absolute atomic E-state index is 0.277. The van der Waals surface area contributed by atoms with Gasteiger partial charge in [-0.15, -0.1) is 0 Å². The summed E-state index contributed by atoms with van der Waals surface area (Å²) in [4.78, 5) is 34.9. The first-order valence-electron chi connectivity index (χ1n) is 11.9. The zero-order chi connectivity index (χ0) is 23.3. The number of carbonyl (C=O) groups excluding carboxylic acids is 3. The van der Waals surface area contributed by atoms with Crippen molar-refractivity contribution in [1.82, 2.24) is 0 Å². The van der Waals surface area contributed by atoms with E-state index in [1.54, 1.807) is 9.47 Å². The Balaban J connectivity index is 3.60. The molecule has 180 valence electrons. The number of rotatable bonds is 19. The molecule has 0 aliphatic heterocycles. The maximum absolute atomic E-state index is 11.8. The van der Waals surface area contributed by atoms with Crippen LogP contribution in [0.5, 0.6) is 0 Å². The van der Waals surface area contributed by atoms with Gasteiger partial charge in [0.15, 0.2) is 12.2 Å². The monoisotopic (exact) mass is 458 g/mol. The molecule has 0 fully saturated rings. The van der Waals surface area contributed by atoms with Crippen LogP contribution >= 0.6 is 9.47 Å². The van der Waals surface area contributed by atoms with E-state index < -0.39 is 30.1 Å². The molecular weight excluding hydrogens is 415 g/mol. The van der Waals surface area contributed by atoms with Crippen molar-refractivity contribution >= 4 is 27.4 Å². The number of allylic oxidation sites excluding steroid dienone is 2. The summed E-state index contributed by atoms with van der Waals surface area (Å²) in [6.07, 6.45) is 18.3. The highest BCUT2D eigenvalue weighted by Crippen LogP contribution is 2.11. The zero-order valence-electron chi connectivity index (χ0n) is 19.7. The second-order valence-electron chi connectivity index (χ2n) is 7.98. The van der Waals surface area contributed by atoms with Gasteiger partial charge in [-0.05, 0) is 46.0 Å². The van der Waals surface area contributed by atoms with E-state index in [1.807, 2.05) is 0 Å². The van der Waals surface area contributed by atoms with Crippen molar-refractivity contribution in [3.63, 3.8) is 0 Å². The third-order valence-electron chi connectivity index (χ3n) is 5.02. The van der Waals surface area contributed by atoms with Crippen molar-refractivity contribution in [2.75, 3.05) is 0 Å². The number of esters is 2. The summed E-state index contributed by atoms with van der Waals surface area (Å²) >= 11 is 0. The fourth-order valence-corrected chi connectivity index (χ4v) is 3.25. The lowest BCUT2D eigenvalue weighted by Crippen LogP contribution is -2.32. The van der Waals surface area contributed by atoms with Gasteiger partial charge in [-0.25, -0.2) is 9.59 Å². The van der Waals surface area contributed by atoms with Gasteiger partial charge in [0.05, 0.1) is 9.47 Å². The number of hydrogen-bond donors (Lipinski definition) is 0. The molecule has 0 bridgehead atoms. The topological polar surface area (TPSA) is 78.9 Å². The van der Waals surface area contributed by atoms with Crippen LogP contribution in [0.3, 0.4) is 0 Å². The van der Waals surface area contributed by atoms with Crippen molar-refractivity contribution in [3.8, 4) is 0 Å². The summed E-state index contributed by atoms with van der Waals surface area (Å²) in [5, 5.41) is 0. The van der Waals surface area contributed by atoms with Crippen LogP contribution < -0.4 is 0 Å². The second-order valence-corrected chi connectivity index (χ2v) is 8.22. The number of carbonyl (C=O) groups is 3. The van der Waals surface area contributed by atoms with E-state index >= 15 is 0 Å². The number of hydrogen-bond acceptors (Lipinski definition) is 6. The standard InChI is InChI=1S/C24H43O6P/c1-4-5-6-7-8-9-10-11-12-13-14-15-16-17-18-19-22(25)28-20(2)23(26)29-21(3)24(27)30-31/h11-12,20-21H,4-10,13-19,31H2,1-3H3/b12-11+/t20-,21+/m1/s1. The molecule has 0 spiro atoms. The van der Waals surface area contributed by atoms with Crippen molar-refractivity contribution in [2.24, 2.45) is 0 Å². The largest absolute Gasteiger partial charge is 0.451 e. The molecule has 6 nitrogen and oxygen atoms in total. The highest BCUT2D eigenvalue weighted by Gasteiger charge is 2.24. The molecule has 0 N–H and O–H groups in total. The Labute approximate surface area is 191 Å². The van der Waals surface area contributed by atoms with Gasteiger partial charge in [0.2, 0.25) is 0 Å². The van der Waals surface area contributed by atoms with Crippen molar-refractivity contribution < 1.29 is 28.4 Å². The van der Waals surface area contributed by atoms with Crippen LogP contribution in [0.25, 0.3) is 0 Å². The molecule has 0 aromatic rings. The van der Waals surface area contributed by atoms with Gasteiger partial charge in [-0.1, -0.05) is 70.4 Å². The van der Waals surface area contributed by atoms with Gasteiger partial charge in [0.25, 0.3) is 0 Å². The molecule has 0 aromatic carbocycles. The van der Waals surface area contributed by atoms with Crippen LogP contribution in [0.2, 0.25) is 0 Å². The first-order chi connectivity index (χ1) is 14.9. The molecule has 3 atom stereocenters. The Morgan fingerprint density at radius 1 is 0.710 bits per heavy atom. The molecule has 0 rings (SSSR count). The van der Waals surface area contributed by atoms with Crippen LogP contribution in [0.15, 0.2) is 12.2 Å². The molecule has 0 aromatic heterocycles. The average Bonchev–Trinajstić information content (AvgIpc) is 2.75. The lowest BCUT2D eigenvalue weighted by atomic mass is 10.1. The Morgan fingerprint density at radius 2 is 1.19 bits per heavy atom. The van der Waals surface area contributed by atoms with Crippen LogP contribution in [-0.2, 0) is 28.4 Å². The van der Waals surface area contributed by atoms with Gasteiger partial charge in [0.1, 0.15) is 0 Å². The fourth-order valence-electron chi connectivity index (χ4n) is 3.06. The van der Waals surface area contributed by atoms with E-state index in [9.17, 15) is 14.4 Å². The predicted octanol–water partition coefficient (Wildman–Crippen LogP) is 6.22. The van der Waals surface area contributed by atoms with E-state index in [-0.39, 0.29) is 6.42 Å². The highest BCUT2D eigenvalue weighted by atomic mass is 31.0. The van der Waals surface area contributed by atoms with Crippen LogP contribution in [0.1, 0.15) is 111 Å². The van der Waals surface area contributed by atoms with Crippen LogP contribution in [0.4, 0.5) is 0 Å². The van der Waals surface area contributed by atoms with Crippen molar-refractivity contribution in [2.45, 2.75) is 123 Å². The smallest absolute Gasteiger partial charge is 0.349 e. The molecule has 7 heteroatoms. The summed E-state index contributed by atoms with van der Waals surface area (Å²) < 4.78 is 14.4. The maximum atomic E-state index is 11.8. The Kier molecular flexibility index (Phi) is 19.5. The second kappa shape index (κ2) is 20.5. The summed E-state index contributed by atoms with van der Waals surface area (Å²) in [6.45, 7) is 5.07. The molecule has 0 aliphatic rings. The van der Waals surface area contributed by atoms with E-state index in [0.717, 1.165) is 32.1 Å². The lowest BCUT2D eigenvalue weighted by Gasteiger charge is -2.15. The van der Waals surface area contributed by atoms with Gasteiger partial charge < -0.3 is 14.0 Å². The molecular formula is C24H43O6P. The predicted molar refractivity (Wildman–Crippen MR) is 126 cm³/mol. The maximum Gasteiger partial charge on any atom is 0.349 e. The Bertz CT molecular complexity index is 520. The number of ether oxygens (including phenoxy) is 2. The zero-order valence-corrected chi connectivity index (χ0v) is 20.9. The van der Waals surface area contributed by atoms with Crippen LogP contribution in [0, 0.1) is 0 Å².